The van der Waals surface area contributed by atoms with Crippen LogP contribution in [0.4, 0.5) is 11.4 Å². The molecule has 0 saturated carbocycles. The Labute approximate surface area is 90.5 Å². The fourth-order valence-corrected chi connectivity index (χ4v) is 2.17. The van der Waals surface area contributed by atoms with E-state index in [1.165, 1.54) is 5.69 Å². The second-order valence-electron chi connectivity index (χ2n) is 4.42. The van der Waals surface area contributed by atoms with Crippen molar-refractivity contribution in [2.45, 2.75) is 6.92 Å². The third kappa shape index (κ3) is 2.07. The molecule has 0 amide bonds. The van der Waals surface area contributed by atoms with Gasteiger partial charge >= 0.3 is 0 Å². The number of aliphatic hydroxyl groups excluding tert-OH is 1. The number of nitrogens with zero attached hydrogens (tertiary/aromatic N) is 1. The van der Waals surface area contributed by atoms with Gasteiger partial charge in [0.1, 0.15) is 0 Å². The van der Waals surface area contributed by atoms with Crippen molar-refractivity contribution in [1.29, 1.82) is 0 Å². The SMILES string of the molecule is C[C@H]1CN(c2ccc(N)cc2)C[C@H]1CO. The van der Waals surface area contributed by atoms with Crippen molar-refractivity contribution in [2.24, 2.45) is 11.8 Å². The van der Waals surface area contributed by atoms with Crippen LogP contribution in [-0.4, -0.2) is 24.8 Å². The molecule has 3 nitrogen and oxygen atoms in total. The normalized spacial score (nSPS) is 25.9. The highest BCUT2D eigenvalue weighted by molar-refractivity contribution is 5.53. The summed E-state index contributed by atoms with van der Waals surface area (Å²) in [7, 11) is 0. The maximum atomic E-state index is 9.20. The summed E-state index contributed by atoms with van der Waals surface area (Å²) >= 11 is 0. The third-order valence-electron chi connectivity index (χ3n) is 3.26. The minimum Gasteiger partial charge on any atom is -0.399 e. The van der Waals surface area contributed by atoms with Crippen molar-refractivity contribution in [2.75, 3.05) is 30.3 Å². The first-order chi connectivity index (χ1) is 7.20. The summed E-state index contributed by atoms with van der Waals surface area (Å²) in [5.41, 5.74) is 7.64. The van der Waals surface area contributed by atoms with Crippen LogP contribution < -0.4 is 10.6 Å². The highest BCUT2D eigenvalue weighted by atomic mass is 16.3. The molecule has 3 N–H and O–H groups in total. The van der Waals surface area contributed by atoms with E-state index in [2.05, 4.69) is 11.8 Å². The van der Waals surface area contributed by atoms with Crippen molar-refractivity contribution in [1.82, 2.24) is 0 Å². The van der Waals surface area contributed by atoms with E-state index in [-0.39, 0.29) is 6.61 Å². The quantitative estimate of drug-likeness (QED) is 0.718. The summed E-state index contributed by atoms with van der Waals surface area (Å²) in [4.78, 5) is 2.31. The van der Waals surface area contributed by atoms with Crippen LogP contribution in [-0.2, 0) is 0 Å². The molecular formula is C12H18N2O. The van der Waals surface area contributed by atoms with E-state index in [0.717, 1.165) is 18.8 Å². The lowest BCUT2D eigenvalue weighted by molar-refractivity contribution is 0.212. The van der Waals surface area contributed by atoms with Crippen LogP contribution in [0.15, 0.2) is 24.3 Å². The molecule has 1 fully saturated rings. The first kappa shape index (κ1) is 10.3. The van der Waals surface area contributed by atoms with Crippen molar-refractivity contribution in [3.8, 4) is 0 Å². The first-order valence-electron chi connectivity index (χ1n) is 5.42. The summed E-state index contributed by atoms with van der Waals surface area (Å²) in [6, 6.07) is 7.93. The predicted molar refractivity (Wildman–Crippen MR) is 62.8 cm³/mol. The summed E-state index contributed by atoms with van der Waals surface area (Å²) in [6.07, 6.45) is 0. The summed E-state index contributed by atoms with van der Waals surface area (Å²) in [6.45, 7) is 4.45. The highest BCUT2D eigenvalue weighted by Crippen LogP contribution is 2.28. The lowest BCUT2D eigenvalue weighted by atomic mass is 10.00. The fourth-order valence-electron chi connectivity index (χ4n) is 2.17. The summed E-state index contributed by atoms with van der Waals surface area (Å²) in [5, 5.41) is 9.20. The zero-order chi connectivity index (χ0) is 10.8. The van der Waals surface area contributed by atoms with Crippen LogP contribution in [0.25, 0.3) is 0 Å². The number of aliphatic hydroxyl groups is 1. The molecular weight excluding hydrogens is 188 g/mol. The van der Waals surface area contributed by atoms with E-state index in [1.807, 2.05) is 24.3 Å². The standard InChI is InChI=1S/C12H18N2O/c1-9-6-14(7-10(9)8-15)12-4-2-11(13)3-5-12/h2-5,9-10,15H,6-8,13H2,1H3/t9-,10-/m0/s1. The number of nitrogens with two attached hydrogens (primary N) is 1. The Balaban J connectivity index is 2.10. The van der Waals surface area contributed by atoms with E-state index in [0.29, 0.717) is 11.8 Å². The molecule has 15 heavy (non-hydrogen) atoms. The molecule has 0 aromatic heterocycles. The maximum Gasteiger partial charge on any atom is 0.0479 e. The number of hydrogen-bond donors (Lipinski definition) is 2. The molecule has 0 bridgehead atoms. The largest absolute Gasteiger partial charge is 0.399 e. The molecule has 0 aliphatic carbocycles. The van der Waals surface area contributed by atoms with E-state index >= 15 is 0 Å². The van der Waals surface area contributed by atoms with Crippen LogP contribution in [0, 0.1) is 11.8 Å². The number of anilines is 2. The monoisotopic (exact) mass is 206 g/mol. The zero-order valence-corrected chi connectivity index (χ0v) is 9.06. The Morgan fingerprint density at radius 3 is 2.53 bits per heavy atom. The van der Waals surface area contributed by atoms with Crippen LogP contribution >= 0.6 is 0 Å². The maximum absolute atomic E-state index is 9.20. The Morgan fingerprint density at radius 1 is 1.33 bits per heavy atom. The Hall–Kier alpha value is -1.22. The fraction of sp³-hybridized carbons (Fsp3) is 0.500. The van der Waals surface area contributed by atoms with E-state index in [4.69, 9.17) is 5.73 Å². The summed E-state index contributed by atoms with van der Waals surface area (Å²) in [5.74, 6) is 0.968. The van der Waals surface area contributed by atoms with E-state index < -0.39 is 0 Å². The van der Waals surface area contributed by atoms with Gasteiger partial charge < -0.3 is 15.7 Å². The molecule has 0 spiro atoms. The number of rotatable bonds is 2. The number of benzene rings is 1. The van der Waals surface area contributed by atoms with Gasteiger partial charge in [-0.25, -0.2) is 0 Å². The van der Waals surface area contributed by atoms with Crippen LogP contribution in [0.2, 0.25) is 0 Å². The van der Waals surface area contributed by atoms with Crippen molar-refractivity contribution in [3.63, 3.8) is 0 Å². The van der Waals surface area contributed by atoms with Crippen LogP contribution in [0.3, 0.4) is 0 Å². The van der Waals surface area contributed by atoms with Crippen molar-refractivity contribution in [3.05, 3.63) is 24.3 Å². The number of hydrogen-bond acceptors (Lipinski definition) is 3. The van der Waals surface area contributed by atoms with Gasteiger partial charge in [0, 0.05) is 37.0 Å². The Kier molecular flexibility index (Phi) is 2.82. The minimum atomic E-state index is 0.284. The average Bonchev–Trinajstić information content (AvgIpc) is 2.61. The molecule has 0 unspecified atom stereocenters. The first-order valence-corrected chi connectivity index (χ1v) is 5.42. The van der Waals surface area contributed by atoms with Gasteiger partial charge in [-0.15, -0.1) is 0 Å². The van der Waals surface area contributed by atoms with Gasteiger partial charge in [-0.05, 0) is 30.2 Å². The van der Waals surface area contributed by atoms with Gasteiger partial charge in [-0.2, -0.15) is 0 Å². The van der Waals surface area contributed by atoms with Crippen molar-refractivity contribution >= 4 is 11.4 Å². The van der Waals surface area contributed by atoms with Crippen LogP contribution in [0.5, 0.6) is 0 Å². The third-order valence-corrected chi connectivity index (χ3v) is 3.26. The molecule has 1 aromatic rings. The summed E-state index contributed by atoms with van der Waals surface area (Å²) < 4.78 is 0. The topological polar surface area (TPSA) is 49.5 Å². The second kappa shape index (κ2) is 4.11. The predicted octanol–water partition coefficient (Wildman–Crippen LogP) is 1.33. The van der Waals surface area contributed by atoms with E-state index in [1.54, 1.807) is 0 Å². The number of nitrogen functional groups attached to an aromatic ring is 1. The Morgan fingerprint density at radius 2 is 2.00 bits per heavy atom. The molecule has 1 saturated heterocycles. The van der Waals surface area contributed by atoms with Gasteiger partial charge in [0.15, 0.2) is 0 Å². The molecule has 1 aromatic carbocycles. The molecule has 2 rings (SSSR count). The molecule has 82 valence electrons. The second-order valence-corrected chi connectivity index (χ2v) is 4.42. The van der Waals surface area contributed by atoms with Crippen LogP contribution in [0.1, 0.15) is 6.92 Å². The molecule has 3 heteroatoms. The smallest absolute Gasteiger partial charge is 0.0479 e. The lowest BCUT2D eigenvalue weighted by Crippen LogP contribution is -2.20. The average molecular weight is 206 g/mol. The minimum absolute atomic E-state index is 0.284. The van der Waals surface area contributed by atoms with Gasteiger partial charge in [-0.3, -0.25) is 0 Å². The molecule has 1 aliphatic heterocycles. The molecule has 2 atom stereocenters. The van der Waals surface area contributed by atoms with Gasteiger partial charge in [0.2, 0.25) is 0 Å². The lowest BCUT2D eigenvalue weighted by Gasteiger charge is -2.18. The molecule has 0 radical (unpaired) electrons. The highest BCUT2D eigenvalue weighted by Gasteiger charge is 2.28. The molecule has 1 heterocycles. The van der Waals surface area contributed by atoms with Gasteiger partial charge in [0.05, 0.1) is 0 Å². The van der Waals surface area contributed by atoms with Gasteiger partial charge in [0.25, 0.3) is 0 Å². The molecule has 1 aliphatic rings. The van der Waals surface area contributed by atoms with E-state index in [9.17, 15) is 5.11 Å². The van der Waals surface area contributed by atoms with Crippen molar-refractivity contribution < 1.29 is 5.11 Å². The Bertz CT molecular complexity index is 323. The zero-order valence-electron chi connectivity index (χ0n) is 9.06. The van der Waals surface area contributed by atoms with Gasteiger partial charge in [-0.1, -0.05) is 6.92 Å².